The van der Waals surface area contributed by atoms with Crippen molar-refractivity contribution in [2.75, 3.05) is 0 Å². The number of aliphatic hydroxyl groups is 1. The number of aliphatic hydroxyl groups excluding tert-OH is 1. The van der Waals surface area contributed by atoms with Crippen LogP contribution in [0.2, 0.25) is 0 Å². The summed E-state index contributed by atoms with van der Waals surface area (Å²) in [4.78, 5) is 4.23. The molecule has 0 fully saturated rings. The van der Waals surface area contributed by atoms with Gasteiger partial charge in [0.1, 0.15) is 6.10 Å². The van der Waals surface area contributed by atoms with E-state index in [9.17, 15) is 5.11 Å². The van der Waals surface area contributed by atoms with Crippen molar-refractivity contribution in [1.29, 1.82) is 0 Å². The SMILES string of the molecule is Cc1cccc(C(O)c2ncccc2Br)c1C. The first-order chi connectivity index (χ1) is 8.11. The van der Waals surface area contributed by atoms with Gasteiger partial charge in [0.15, 0.2) is 0 Å². The van der Waals surface area contributed by atoms with Gasteiger partial charge >= 0.3 is 0 Å². The van der Waals surface area contributed by atoms with E-state index in [4.69, 9.17) is 0 Å². The largest absolute Gasteiger partial charge is 0.382 e. The number of benzene rings is 1. The highest BCUT2D eigenvalue weighted by atomic mass is 79.9. The van der Waals surface area contributed by atoms with Crippen LogP contribution in [0.25, 0.3) is 0 Å². The second-order valence-corrected chi connectivity index (χ2v) is 4.92. The predicted molar refractivity (Wildman–Crippen MR) is 71.9 cm³/mol. The molecule has 0 amide bonds. The number of halogens is 1. The molecule has 1 N–H and O–H groups in total. The van der Waals surface area contributed by atoms with E-state index in [1.165, 1.54) is 5.56 Å². The number of hydrogen-bond acceptors (Lipinski definition) is 2. The molecular formula is C14H14BrNO. The molecule has 0 spiro atoms. The fourth-order valence-corrected chi connectivity index (χ4v) is 2.29. The molecule has 0 bridgehead atoms. The minimum absolute atomic E-state index is 0.654. The zero-order chi connectivity index (χ0) is 12.4. The molecular weight excluding hydrogens is 278 g/mol. The summed E-state index contributed by atoms with van der Waals surface area (Å²) in [6, 6.07) is 9.66. The Morgan fingerprint density at radius 2 is 1.94 bits per heavy atom. The zero-order valence-corrected chi connectivity index (χ0v) is 11.4. The highest BCUT2D eigenvalue weighted by molar-refractivity contribution is 9.10. The van der Waals surface area contributed by atoms with Gasteiger partial charge < -0.3 is 5.11 Å². The van der Waals surface area contributed by atoms with Crippen LogP contribution in [0.3, 0.4) is 0 Å². The first-order valence-corrected chi connectivity index (χ1v) is 6.25. The molecule has 1 unspecified atom stereocenters. The summed E-state index contributed by atoms with van der Waals surface area (Å²) in [6.45, 7) is 4.06. The Morgan fingerprint density at radius 3 is 2.65 bits per heavy atom. The summed E-state index contributed by atoms with van der Waals surface area (Å²) in [7, 11) is 0. The first kappa shape index (κ1) is 12.3. The quantitative estimate of drug-likeness (QED) is 0.918. The van der Waals surface area contributed by atoms with Crippen molar-refractivity contribution >= 4 is 15.9 Å². The summed E-state index contributed by atoms with van der Waals surface area (Å²) in [5, 5.41) is 10.4. The lowest BCUT2D eigenvalue weighted by Gasteiger charge is -2.15. The maximum absolute atomic E-state index is 10.4. The van der Waals surface area contributed by atoms with Crippen molar-refractivity contribution < 1.29 is 5.11 Å². The fraction of sp³-hybridized carbons (Fsp3) is 0.214. The van der Waals surface area contributed by atoms with Crippen LogP contribution in [0, 0.1) is 13.8 Å². The number of hydrogen-bond donors (Lipinski definition) is 1. The third-order valence-electron chi connectivity index (χ3n) is 2.99. The molecule has 0 aliphatic carbocycles. The molecule has 0 saturated carbocycles. The molecule has 2 rings (SSSR count). The molecule has 1 atom stereocenters. The van der Waals surface area contributed by atoms with Crippen LogP contribution in [-0.4, -0.2) is 10.1 Å². The Hall–Kier alpha value is -1.19. The van der Waals surface area contributed by atoms with Crippen LogP contribution in [0.4, 0.5) is 0 Å². The Bertz CT molecular complexity index is 539. The number of rotatable bonds is 2. The summed E-state index contributed by atoms with van der Waals surface area (Å²) < 4.78 is 0.827. The maximum atomic E-state index is 10.4. The van der Waals surface area contributed by atoms with E-state index in [1.54, 1.807) is 6.20 Å². The average Bonchev–Trinajstić information content (AvgIpc) is 2.32. The molecule has 3 heteroatoms. The molecule has 17 heavy (non-hydrogen) atoms. The van der Waals surface area contributed by atoms with E-state index in [-0.39, 0.29) is 0 Å². The molecule has 2 aromatic rings. The van der Waals surface area contributed by atoms with Crippen molar-refractivity contribution in [3.63, 3.8) is 0 Å². The number of aryl methyl sites for hydroxylation is 1. The molecule has 88 valence electrons. The van der Waals surface area contributed by atoms with E-state index < -0.39 is 6.10 Å². The van der Waals surface area contributed by atoms with E-state index in [0.717, 1.165) is 15.6 Å². The standard InChI is InChI=1S/C14H14BrNO/c1-9-5-3-6-11(10(9)2)14(17)13-12(15)7-4-8-16-13/h3-8,14,17H,1-2H3. The number of nitrogens with zero attached hydrogens (tertiary/aromatic N) is 1. The lowest BCUT2D eigenvalue weighted by Crippen LogP contribution is -2.05. The van der Waals surface area contributed by atoms with Gasteiger partial charge in [0.25, 0.3) is 0 Å². The lowest BCUT2D eigenvalue weighted by atomic mass is 9.97. The van der Waals surface area contributed by atoms with Crippen LogP contribution in [0.5, 0.6) is 0 Å². The molecule has 1 heterocycles. The normalized spacial score (nSPS) is 12.5. The van der Waals surface area contributed by atoms with Crippen LogP contribution >= 0.6 is 15.9 Å². The molecule has 0 radical (unpaired) electrons. The molecule has 1 aromatic heterocycles. The van der Waals surface area contributed by atoms with Gasteiger partial charge in [0, 0.05) is 10.7 Å². The average molecular weight is 292 g/mol. The van der Waals surface area contributed by atoms with Crippen molar-refractivity contribution in [2.24, 2.45) is 0 Å². The highest BCUT2D eigenvalue weighted by Crippen LogP contribution is 2.29. The topological polar surface area (TPSA) is 33.1 Å². The summed E-state index contributed by atoms with van der Waals surface area (Å²) in [5.74, 6) is 0. The van der Waals surface area contributed by atoms with Gasteiger partial charge in [-0.05, 0) is 58.6 Å². The maximum Gasteiger partial charge on any atom is 0.122 e. The zero-order valence-electron chi connectivity index (χ0n) is 9.81. The van der Waals surface area contributed by atoms with E-state index in [2.05, 4.69) is 20.9 Å². The molecule has 0 aliphatic heterocycles. The van der Waals surface area contributed by atoms with Crippen molar-refractivity contribution in [3.8, 4) is 0 Å². The number of pyridine rings is 1. The second-order valence-electron chi connectivity index (χ2n) is 4.06. The van der Waals surface area contributed by atoms with Crippen LogP contribution in [0.1, 0.15) is 28.5 Å². The lowest BCUT2D eigenvalue weighted by molar-refractivity contribution is 0.213. The van der Waals surface area contributed by atoms with E-state index >= 15 is 0 Å². The molecule has 0 saturated heterocycles. The van der Waals surface area contributed by atoms with Gasteiger partial charge in [-0.2, -0.15) is 0 Å². The Kier molecular flexibility index (Phi) is 3.60. The van der Waals surface area contributed by atoms with Crippen LogP contribution in [0.15, 0.2) is 41.0 Å². The minimum atomic E-state index is -0.689. The first-order valence-electron chi connectivity index (χ1n) is 5.46. The highest BCUT2D eigenvalue weighted by Gasteiger charge is 2.17. The van der Waals surface area contributed by atoms with Gasteiger partial charge in [-0.15, -0.1) is 0 Å². The Morgan fingerprint density at radius 1 is 1.18 bits per heavy atom. The summed E-state index contributed by atoms with van der Waals surface area (Å²) in [6.07, 6.45) is 1.000. The third-order valence-corrected chi connectivity index (χ3v) is 3.66. The van der Waals surface area contributed by atoms with E-state index in [0.29, 0.717) is 5.69 Å². The van der Waals surface area contributed by atoms with Crippen LogP contribution < -0.4 is 0 Å². The third kappa shape index (κ3) is 2.40. The second kappa shape index (κ2) is 4.98. The van der Waals surface area contributed by atoms with Gasteiger partial charge in [0.2, 0.25) is 0 Å². The fourth-order valence-electron chi connectivity index (χ4n) is 1.82. The predicted octanol–water partition coefficient (Wildman–Crippen LogP) is 3.54. The molecule has 0 aliphatic rings. The van der Waals surface area contributed by atoms with Crippen molar-refractivity contribution in [2.45, 2.75) is 20.0 Å². The Balaban J connectivity index is 2.48. The Labute approximate surface area is 109 Å². The summed E-state index contributed by atoms with van der Waals surface area (Å²) in [5.41, 5.74) is 3.84. The molecule has 2 nitrogen and oxygen atoms in total. The van der Waals surface area contributed by atoms with Crippen molar-refractivity contribution in [3.05, 3.63) is 63.4 Å². The van der Waals surface area contributed by atoms with Crippen LogP contribution in [-0.2, 0) is 0 Å². The van der Waals surface area contributed by atoms with Crippen molar-refractivity contribution in [1.82, 2.24) is 4.98 Å². The smallest absolute Gasteiger partial charge is 0.122 e. The molecule has 1 aromatic carbocycles. The van der Waals surface area contributed by atoms with Gasteiger partial charge in [-0.3, -0.25) is 4.98 Å². The van der Waals surface area contributed by atoms with Gasteiger partial charge in [-0.25, -0.2) is 0 Å². The van der Waals surface area contributed by atoms with E-state index in [1.807, 2.05) is 44.2 Å². The van der Waals surface area contributed by atoms with Gasteiger partial charge in [0.05, 0.1) is 5.69 Å². The monoisotopic (exact) mass is 291 g/mol. The minimum Gasteiger partial charge on any atom is -0.382 e. The number of aromatic nitrogens is 1. The summed E-state index contributed by atoms with van der Waals surface area (Å²) >= 11 is 3.41. The van der Waals surface area contributed by atoms with Gasteiger partial charge in [-0.1, -0.05) is 18.2 Å².